The van der Waals surface area contributed by atoms with E-state index in [4.69, 9.17) is 0 Å². The number of H-pyrrole nitrogens is 1. The van der Waals surface area contributed by atoms with Crippen LogP contribution in [-0.4, -0.2) is 21.9 Å². The Hall–Kier alpha value is -1.65. The highest BCUT2D eigenvalue weighted by Gasteiger charge is 2.53. The number of nitrogens with zero attached hydrogens (tertiary/aromatic N) is 1. The number of carbonyl (C=O) groups excluding carboxylic acids is 1. The van der Waals surface area contributed by atoms with Crippen LogP contribution in [0.15, 0.2) is 4.79 Å². The van der Waals surface area contributed by atoms with Gasteiger partial charge < -0.3 is 10.3 Å². The largest absolute Gasteiger partial charge is 0.353 e. The zero-order valence-electron chi connectivity index (χ0n) is 16.2. The van der Waals surface area contributed by atoms with E-state index in [1.807, 2.05) is 13.8 Å². The summed E-state index contributed by atoms with van der Waals surface area (Å²) in [6.45, 7) is 5.94. The van der Waals surface area contributed by atoms with E-state index in [9.17, 15) is 9.59 Å². The van der Waals surface area contributed by atoms with E-state index < -0.39 is 0 Å². The van der Waals surface area contributed by atoms with E-state index >= 15 is 0 Å². The second-order valence-corrected chi connectivity index (χ2v) is 9.30. The fraction of sp³-hybridized carbons (Fsp3) is 0.762. The van der Waals surface area contributed by atoms with Crippen LogP contribution in [0.1, 0.15) is 68.8 Å². The Morgan fingerprint density at radius 2 is 1.77 bits per heavy atom. The van der Waals surface area contributed by atoms with Crippen LogP contribution in [0.5, 0.6) is 0 Å². The first-order chi connectivity index (χ1) is 12.3. The first-order valence-electron chi connectivity index (χ1n) is 10.2. The number of rotatable bonds is 5. The minimum Gasteiger partial charge on any atom is -0.353 e. The Morgan fingerprint density at radius 1 is 1.19 bits per heavy atom. The number of aromatic nitrogens is 2. The van der Waals surface area contributed by atoms with Gasteiger partial charge in [-0.1, -0.05) is 0 Å². The number of aromatic amines is 1. The third-order valence-corrected chi connectivity index (χ3v) is 7.44. The SMILES string of the molecule is Cc1nc(=O)[nH]c(C)c1CCC(=O)N[C@@H](C)C12CC3CC(CC(C3)C1)C2. The van der Waals surface area contributed by atoms with Crippen LogP contribution in [0.25, 0.3) is 0 Å². The molecule has 4 fully saturated rings. The van der Waals surface area contributed by atoms with Crippen molar-refractivity contribution in [3.8, 4) is 0 Å². The predicted molar refractivity (Wildman–Crippen MR) is 101 cm³/mol. The van der Waals surface area contributed by atoms with Gasteiger partial charge in [-0.25, -0.2) is 4.79 Å². The van der Waals surface area contributed by atoms with E-state index in [0.717, 1.165) is 34.7 Å². The molecule has 0 aromatic carbocycles. The number of amides is 1. The topological polar surface area (TPSA) is 74.8 Å². The summed E-state index contributed by atoms with van der Waals surface area (Å²) >= 11 is 0. The molecular weight excluding hydrogens is 326 g/mol. The molecule has 2 N–H and O–H groups in total. The van der Waals surface area contributed by atoms with Gasteiger partial charge in [-0.3, -0.25) is 4.79 Å². The molecule has 0 unspecified atom stereocenters. The van der Waals surface area contributed by atoms with Gasteiger partial charge in [0.25, 0.3) is 0 Å². The maximum atomic E-state index is 12.6. The zero-order chi connectivity index (χ0) is 18.5. The molecule has 1 aromatic rings. The van der Waals surface area contributed by atoms with Crippen LogP contribution < -0.4 is 11.0 Å². The summed E-state index contributed by atoms with van der Waals surface area (Å²) in [6.07, 6.45) is 9.29. The molecule has 1 amide bonds. The molecular formula is C21H31N3O2. The molecule has 4 aliphatic carbocycles. The lowest BCUT2D eigenvalue weighted by Gasteiger charge is -2.59. The Kier molecular flexibility index (Phi) is 4.44. The van der Waals surface area contributed by atoms with Crippen molar-refractivity contribution >= 4 is 5.91 Å². The fourth-order valence-electron chi connectivity index (χ4n) is 6.54. The van der Waals surface area contributed by atoms with Crippen molar-refractivity contribution in [3.63, 3.8) is 0 Å². The lowest BCUT2D eigenvalue weighted by molar-refractivity contribution is -0.125. The molecule has 5 rings (SSSR count). The second kappa shape index (κ2) is 6.50. The molecule has 0 spiro atoms. The van der Waals surface area contributed by atoms with Crippen LogP contribution in [0, 0.1) is 37.0 Å². The van der Waals surface area contributed by atoms with Crippen LogP contribution in [0.3, 0.4) is 0 Å². The first-order valence-corrected chi connectivity index (χ1v) is 10.2. The number of hydrogen-bond acceptors (Lipinski definition) is 3. The average molecular weight is 357 g/mol. The van der Waals surface area contributed by atoms with Crippen molar-refractivity contribution < 1.29 is 4.79 Å². The van der Waals surface area contributed by atoms with E-state index in [0.29, 0.717) is 18.3 Å². The molecule has 1 atom stereocenters. The summed E-state index contributed by atoms with van der Waals surface area (Å²) in [6, 6.07) is 0.263. The molecule has 4 aliphatic rings. The quantitative estimate of drug-likeness (QED) is 0.850. The van der Waals surface area contributed by atoms with Crippen LogP contribution in [-0.2, 0) is 11.2 Å². The van der Waals surface area contributed by atoms with Crippen molar-refractivity contribution in [1.29, 1.82) is 0 Å². The van der Waals surface area contributed by atoms with Crippen molar-refractivity contribution in [2.75, 3.05) is 0 Å². The third-order valence-electron chi connectivity index (χ3n) is 7.44. The van der Waals surface area contributed by atoms with Gasteiger partial charge in [-0.15, -0.1) is 0 Å². The molecule has 1 heterocycles. The lowest BCUT2D eigenvalue weighted by atomic mass is 9.48. The average Bonchev–Trinajstić information content (AvgIpc) is 2.52. The van der Waals surface area contributed by atoms with Gasteiger partial charge in [0.2, 0.25) is 5.91 Å². The van der Waals surface area contributed by atoms with Gasteiger partial charge in [-0.05, 0) is 94.4 Å². The number of nitrogens with one attached hydrogen (secondary N) is 2. The first kappa shape index (κ1) is 17.7. The van der Waals surface area contributed by atoms with Crippen molar-refractivity contribution in [2.45, 2.75) is 78.2 Å². The molecule has 0 aliphatic heterocycles. The summed E-state index contributed by atoms with van der Waals surface area (Å²) in [5.74, 6) is 2.83. The molecule has 1 aromatic heterocycles. The van der Waals surface area contributed by atoms with Crippen LogP contribution >= 0.6 is 0 Å². The van der Waals surface area contributed by atoms with Crippen molar-refractivity contribution in [3.05, 3.63) is 27.4 Å². The van der Waals surface area contributed by atoms with Gasteiger partial charge in [-0.2, -0.15) is 4.98 Å². The summed E-state index contributed by atoms with van der Waals surface area (Å²) < 4.78 is 0. The van der Waals surface area contributed by atoms with E-state index in [-0.39, 0.29) is 17.6 Å². The standard InChI is InChI=1S/C21H31N3O2/c1-12-18(13(2)23-20(26)22-12)4-5-19(25)24-14(3)21-9-15-6-16(10-21)8-17(7-15)11-21/h14-17H,4-11H2,1-3H3,(H,24,25)(H,22,23,26)/t14-,15?,16?,17?,21?/m0/s1. The van der Waals surface area contributed by atoms with E-state index in [1.165, 1.54) is 38.5 Å². The molecule has 5 heteroatoms. The highest BCUT2D eigenvalue weighted by Crippen LogP contribution is 2.61. The van der Waals surface area contributed by atoms with Gasteiger partial charge in [0.1, 0.15) is 0 Å². The number of hydrogen-bond donors (Lipinski definition) is 2. The monoisotopic (exact) mass is 357 g/mol. The third kappa shape index (κ3) is 3.21. The van der Waals surface area contributed by atoms with Crippen molar-refractivity contribution in [1.82, 2.24) is 15.3 Å². The molecule has 26 heavy (non-hydrogen) atoms. The van der Waals surface area contributed by atoms with E-state index in [2.05, 4.69) is 22.2 Å². The van der Waals surface area contributed by atoms with Gasteiger partial charge >= 0.3 is 5.69 Å². The zero-order valence-corrected chi connectivity index (χ0v) is 16.2. The number of carbonyl (C=O) groups is 1. The maximum Gasteiger partial charge on any atom is 0.345 e. The Bertz CT molecular complexity index is 705. The molecule has 142 valence electrons. The Balaban J connectivity index is 1.37. The van der Waals surface area contributed by atoms with Crippen molar-refractivity contribution in [2.24, 2.45) is 23.2 Å². The number of aryl methyl sites for hydroxylation is 2. The van der Waals surface area contributed by atoms with E-state index in [1.54, 1.807) is 0 Å². The summed E-state index contributed by atoms with van der Waals surface area (Å²) in [5, 5.41) is 3.33. The Morgan fingerprint density at radius 3 is 2.31 bits per heavy atom. The minimum absolute atomic E-state index is 0.123. The fourth-order valence-corrected chi connectivity index (χ4v) is 6.54. The summed E-state index contributed by atoms with van der Waals surface area (Å²) in [7, 11) is 0. The second-order valence-electron chi connectivity index (χ2n) is 9.30. The lowest BCUT2D eigenvalue weighted by Crippen LogP contribution is -2.55. The van der Waals surface area contributed by atoms with Gasteiger partial charge in [0.15, 0.2) is 0 Å². The predicted octanol–water partition coefficient (Wildman–Crippen LogP) is 3.04. The molecule has 0 radical (unpaired) electrons. The molecule has 5 nitrogen and oxygen atoms in total. The molecule has 4 bridgehead atoms. The normalized spacial score (nSPS) is 33.3. The molecule has 4 saturated carbocycles. The smallest absolute Gasteiger partial charge is 0.345 e. The molecule has 0 saturated heterocycles. The maximum absolute atomic E-state index is 12.6. The Labute approximate surface area is 155 Å². The highest BCUT2D eigenvalue weighted by molar-refractivity contribution is 5.76. The minimum atomic E-state index is -0.316. The van der Waals surface area contributed by atoms with Crippen LogP contribution in [0.2, 0.25) is 0 Å². The summed E-state index contributed by atoms with van der Waals surface area (Å²) in [5.41, 5.74) is 2.57. The van der Waals surface area contributed by atoms with Crippen LogP contribution in [0.4, 0.5) is 0 Å². The highest BCUT2D eigenvalue weighted by atomic mass is 16.1. The summed E-state index contributed by atoms with van der Waals surface area (Å²) in [4.78, 5) is 30.7. The van der Waals surface area contributed by atoms with Gasteiger partial charge in [0, 0.05) is 23.9 Å². The van der Waals surface area contributed by atoms with Gasteiger partial charge in [0.05, 0.1) is 0 Å².